The summed E-state index contributed by atoms with van der Waals surface area (Å²) in [5.41, 5.74) is 7.35. The van der Waals surface area contributed by atoms with E-state index in [1.807, 2.05) is 0 Å². The molecular formula is C15H17FN4O2. The lowest BCUT2D eigenvalue weighted by Gasteiger charge is -2.05. The minimum Gasteiger partial charge on any atom is -0.381 e. The molecule has 0 aliphatic heterocycles. The van der Waals surface area contributed by atoms with E-state index in [1.54, 1.807) is 24.7 Å². The Balaban J connectivity index is 0.00000176. The molecule has 1 amide bonds. The van der Waals surface area contributed by atoms with Crippen molar-refractivity contribution >= 4 is 16.8 Å². The molecule has 3 rings (SSSR count). The average molecular weight is 304 g/mol. The first-order valence-electron chi connectivity index (χ1n) is 6.31. The number of aliphatic hydroxyl groups is 1. The van der Waals surface area contributed by atoms with Crippen molar-refractivity contribution in [1.29, 1.82) is 0 Å². The molecule has 7 heteroatoms. The van der Waals surface area contributed by atoms with Gasteiger partial charge in [-0.25, -0.2) is 4.39 Å². The van der Waals surface area contributed by atoms with E-state index in [-0.39, 0.29) is 19.8 Å². The molecule has 0 bridgehead atoms. The number of rotatable bonds is 4. The van der Waals surface area contributed by atoms with Crippen LogP contribution >= 0.6 is 0 Å². The highest BCUT2D eigenvalue weighted by Crippen LogP contribution is 2.28. The number of carbonyl (C=O) groups excluding carboxylic acids is 1. The van der Waals surface area contributed by atoms with Crippen LogP contribution in [0, 0.1) is 5.82 Å². The monoisotopic (exact) mass is 304 g/mol. The Morgan fingerprint density at radius 2 is 2.27 bits per heavy atom. The third-order valence-corrected chi connectivity index (χ3v) is 3.28. The molecule has 4 N–H and O–H groups in total. The van der Waals surface area contributed by atoms with Crippen molar-refractivity contribution in [3.05, 3.63) is 42.6 Å². The quantitative estimate of drug-likeness (QED) is 0.683. The average Bonchev–Trinajstić information content (AvgIpc) is 3.04. The zero-order chi connectivity index (χ0) is 15.0. The second kappa shape index (κ2) is 5.98. The SMILES string of the molecule is C.NC(=O)C(O)Cn1cc(-c2c[nH]c3cc(F)ccc23)cn1. The molecule has 0 saturated carbocycles. The molecule has 0 fully saturated rings. The number of aromatic amines is 1. The normalized spacial score (nSPS) is 12.1. The van der Waals surface area contributed by atoms with Crippen LogP contribution in [0.3, 0.4) is 0 Å². The van der Waals surface area contributed by atoms with Gasteiger partial charge in [-0.3, -0.25) is 9.48 Å². The van der Waals surface area contributed by atoms with E-state index in [2.05, 4.69) is 10.1 Å². The fraction of sp³-hybridized carbons (Fsp3) is 0.200. The van der Waals surface area contributed by atoms with Crippen LogP contribution in [0.5, 0.6) is 0 Å². The Morgan fingerprint density at radius 3 is 3.00 bits per heavy atom. The summed E-state index contributed by atoms with van der Waals surface area (Å²) in [6.07, 6.45) is 3.78. The molecule has 0 spiro atoms. The Morgan fingerprint density at radius 1 is 1.50 bits per heavy atom. The van der Waals surface area contributed by atoms with E-state index in [4.69, 9.17) is 5.73 Å². The largest absolute Gasteiger partial charge is 0.381 e. The van der Waals surface area contributed by atoms with Gasteiger partial charge in [0.15, 0.2) is 6.10 Å². The zero-order valence-electron chi connectivity index (χ0n) is 11.0. The lowest BCUT2D eigenvalue weighted by molar-refractivity contribution is -0.126. The molecule has 116 valence electrons. The number of amides is 1. The van der Waals surface area contributed by atoms with Gasteiger partial charge < -0.3 is 15.8 Å². The number of H-pyrrole nitrogens is 1. The topological polar surface area (TPSA) is 96.9 Å². The van der Waals surface area contributed by atoms with Gasteiger partial charge in [-0.2, -0.15) is 5.10 Å². The van der Waals surface area contributed by atoms with Crippen molar-refractivity contribution in [3.8, 4) is 11.1 Å². The molecule has 2 aromatic heterocycles. The lowest BCUT2D eigenvalue weighted by atomic mass is 10.1. The molecule has 0 aliphatic carbocycles. The maximum atomic E-state index is 13.2. The molecule has 22 heavy (non-hydrogen) atoms. The number of nitrogens with zero attached hydrogens (tertiary/aromatic N) is 2. The third-order valence-electron chi connectivity index (χ3n) is 3.28. The Hall–Kier alpha value is -2.67. The maximum absolute atomic E-state index is 13.2. The van der Waals surface area contributed by atoms with Gasteiger partial charge in [0.2, 0.25) is 5.91 Å². The molecule has 0 saturated heterocycles. The maximum Gasteiger partial charge on any atom is 0.248 e. The van der Waals surface area contributed by atoms with Crippen LogP contribution in [0.15, 0.2) is 36.8 Å². The Labute approximate surface area is 126 Å². The number of hydrogen-bond acceptors (Lipinski definition) is 3. The van der Waals surface area contributed by atoms with Crippen LogP contribution in [0.1, 0.15) is 7.43 Å². The predicted molar refractivity (Wildman–Crippen MR) is 81.4 cm³/mol. The summed E-state index contributed by atoms with van der Waals surface area (Å²) in [4.78, 5) is 13.8. The zero-order valence-corrected chi connectivity index (χ0v) is 11.0. The smallest absolute Gasteiger partial charge is 0.248 e. The van der Waals surface area contributed by atoms with E-state index in [1.165, 1.54) is 16.8 Å². The lowest BCUT2D eigenvalue weighted by Crippen LogP contribution is -2.32. The van der Waals surface area contributed by atoms with Crippen LogP contribution in [-0.2, 0) is 11.3 Å². The molecule has 0 aliphatic rings. The van der Waals surface area contributed by atoms with Crippen molar-refractivity contribution in [2.75, 3.05) is 0 Å². The first-order valence-corrected chi connectivity index (χ1v) is 6.31. The van der Waals surface area contributed by atoms with Crippen molar-refractivity contribution in [2.24, 2.45) is 5.73 Å². The molecule has 1 atom stereocenters. The van der Waals surface area contributed by atoms with Gasteiger partial charge in [0, 0.05) is 34.4 Å². The number of nitrogens with two attached hydrogens (primary N) is 1. The first kappa shape index (κ1) is 15.7. The Bertz CT molecular complexity index is 809. The second-order valence-corrected chi connectivity index (χ2v) is 4.76. The summed E-state index contributed by atoms with van der Waals surface area (Å²) in [5.74, 6) is -1.11. The fourth-order valence-electron chi connectivity index (χ4n) is 2.21. The predicted octanol–water partition coefficient (Wildman–Crippen LogP) is 1.65. The number of fused-ring (bicyclic) bond motifs is 1. The number of hydrogen-bond donors (Lipinski definition) is 3. The summed E-state index contributed by atoms with van der Waals surface area (Å²) < 4.78 is 14.6. The van der Waals surface area contributed by atoms with E-state index >= 15 is 0 Å². The second-order valence-electron chi connectivity index (χ2n) is 4.76. The van der Waals surface area contributed by atoms with E-state index < -0.39 is 12.0 Å². The molecule has 2 heterocycles. The molecular weight excluding hydrogens is 287 g/mol. The highest BCUT2D eigenvalue weighted by Gasteiger charge is 2.14. The first-order chi connectivity index (χ1) is 10.0. The van der Waals surface area contributed by atoms with Gasteiger partial charge in [0.25, 0.3) is 0 Å². The molecule has 1 aromatic carbocycles. The number of benzene rings is 1. The van der Waals surface area contributed by atoms with Crippen LogP contribution in [0.2, 0.25) is 0 Å². The van der Waals surface area contributed by atoms with E-state index in [9.17, 15) is 14.3 Å². The van der Waals surface area contributed by atoms with Gasteiger partial charge in [-0.15, -0.1) is 0 Å². The highest BCUT2D eigenvalue weighted by molar-refractivity contribution is 5.95. The number of carbonyl (C=O) groups is 1. The van der Waals surface area contributed by atoms with Gasteiger partial charge in [-0.05, 0) is 18.2 Å². The molecule has 3 aromatic rings. The van der Waals surface area contributed by atoms with Crippen molar-refractivity contribution < 1.29 is 14.3 Å². The minimum absolute atomic E-state index is 0. The van der Waals surface area contributed by atoms with Gasteiger partial charge in [0.05, 0.1) is 12.7 Å². The number of aromatic nitrogens is 3. The summed E-state index contributed by atoms with van der Waals surface area (Å²) in [5, 5.41) is 14.4. The minimum atomic E-state index is -1.28. The third kappa shape index (κ3) is 2.84. The van der Waals surface area contributed by atoms with Gasteiger partial charge >= 0.3 is 0 Å². The number of nitrogens with one attached hydrogen (secondary N) is 1. The van der Waals surface area contributed by atoms with Gasteiger partial charge in [-0.1, -0.05) is 7.43 Å². The van der Waals surface area contributed by atoms with Crippen LogP contribution < -0.4 is 5.73 Å². The molecule has 0 radical (unpaired) electrons. The molecule has 1 unspecified atom stereocenters. The fourth-order valence-corrected chi connectivity index (χ4v) is 2.21. The van der Waals surface area contributed by atoms with E-state index in [0.29, 0.717) is 5.52 Å². The molecule has 6 nitrogen and oxygen atoms in total. The van der Waals surface area contributed by atoms with Crippen LogP contribution in [-0.4, -0.2) is 31.9 Å². The number of halogens is 1. The highest BCUT2D eigenvalue weighted by atomic mass is 19.1. The van der Waals surface area contributed by atoms with Crippen LogP contribution in [0.25, 0.3) is 22.0 Å². The summed E-state index contributed by atoms with van der Waals surface area (Å²) in [7, 11) is 0. The summed E-state index contributed by atoms with van der Waals surface area (Å²) in [6, 6.07) is 4.49. The summed E-state index contributed by atoms with van der Waals surface area (Å²) >= 11 is 0. The summed E-state index contributed by atoms with van der Waals surface area (Å²) in [6.45, 7) is -0.00762. The van der Waals surface area contributed by atoms with Crippen LogP contribution in [0.4, 0.5) is 4.39 Å². The Kier molecular flexibility index (Phi) is 4.27. The van der Waals surface area contributed by atoms with Crippen molar-refractivity contribution in [3.63, 3.8) is 0 Å². The number of aliphatic hydroxyl groups excluding tert-OH is 1. The van der Waals surface area contributed by atoms with Gasteiger partial charge in [0.1, 0.15) is 5.82 Å². The standard InChI is InChI=1S/C14H13FN4O2.CH4/c15-9-1-2-10-11(5-17-12(10)3-9)8-4-18-19(6-8)7-13(20)14(16)21;/h1-6,13,17,20H,7H2,(H2,16,21);1H4. The van der Waals surface area contributed by atoms with E-state index in [0.717, 1.165) is 16.5 Å². The van der Waals surface area contributed by atoms with Crippen molar-refractivity contribution in [1.82, 2.24) is 14.8 Å². The van der Waals surface area contributed by atoms with Crippen molar-refractivity contribution in [2.45, 2.75) is 20.1 Å². The number of primary amides is 1.